The molecule has 2 aromatic rings. The summed E-state index contributed by atoms with van der Waals surface area (Å²) in [5.41, 5.74) is 0.766. The minimum absolute atomic E-state index is 0.304. The molecule has 0 aliphatic rings. The van der Waals surface area contributed by atoms with E-state index in [0.29, 0.717) is 10.9 Å². The number of rotatable bonds is 3. The van der Waals surface area contributed by atoms with Gasteiger partial charge in [-0.1, -0.05) is 12.1 Å². The molecule has 0 radical (unpaired) electrons. The molecule has 0 aliphatic carbocycles. The van der Waals surface area contributed by atoms with Crippen LogP contribution < -0.4 is 0 Å². The van der Waals surface area contributed by atoms with E-state index in [-0.39, 0.29) is 5.82 Å². The topological polar surface area (TPSA) is 20.2 Å². The highest BCUT2D eigenvalue weighted by Gasteiger charge is 2.14. The Kier molecular flexibility index (Phi) is 4.36. The van der Waals surface area contributed by atoms with E-state index < -0.39 is 6.10 Å². The molecular formula is C12H9Br2FOS. The Balaban J connectivity index is 2.18. The average molecular weight is 380 g/mol. The second-order valence-corrected chi connectivity index (χ2v) is 6.86. The van der Waals surface area contributed by atoms with Gasteiger partial charge < -0.3 is 5.11 Å². The smallest absolute Gasteiger partial charge is 0.137 e. The normalized spacial score (nSPS) is 12.7. The van der Waals surface area contributed by atoms with Crippen LogP contribution in [0, 0.1) is 5.82 Å². The van der Waals surface area contributed by atoms with Gasteiger partial charge >= 0.3 is 0 Å². The third kappa shape index (κ3) is 3.16. The van der Waals surface area contributed by atoms with E-state index in [9.17, 15) is 9.50 Å². The lowest BCUT2D eigenvalue weighted by molar-refractivity contribution is 0.182. The first-order valence-corrected chi connectivity index (χ1v) is 7.34. The first-order chi connectivity index (χ1) is 8.08. The molecule has 1 nitrogen and oxygen atoms in total. The molecule has 0 bridgehead atoms. The molecule has 1 N–H and O–H groups in total. The van der Waals surface area contributed by atoms with Crippen LogP contribution in [-0.4, -0.2) is 5.11 Å². The van der Waals surface area contributed by atoms with Gasteiger partial charge in [-0.15, -0.1) is 11.3 Å². The lowest BCUT2D eigenvalue weighted by Crippen LogP contribution is -2.01. The Morgan fingerprint density at radius 1 is 1.24 bits per heavy atom. The number of benzene rings is 1. The quantitative estimate of drug-likeness (QED) is 0.820. The third-order valence-corrected chi connectivity index (χ3v) is 4.98. The second-order valence-electron chi connectivity index (χ2n) is 3.57. The lowest BCUT2D eigenvalue weighted by Gasteiger charge is -2.10. The number of hydrogen-bond acceptors (Lipinski definition) is 2. The monoisotopic (exact) mass is 378 g/mol. The Hall–Kier alpha value is -0.230. The minimum Gasteiger partial charge on any atom is -0.387 e. The van der Waals surface area contributed by atoms with Gasteiger partial charge in [-0.2, -0.15) is 0 Å². The number of halogens is 3. The van der Waals surface area contributed by atoms with E-state index in [1.165, 1.54) is 17.4 Å². The predicted octanol–water partition coefficient (Wildman–Crippen LogP) is 4.69. The molecule has 1 heterocycles. The number of thiophene rings is 1. The fourth-order valence-corrected chi connectivity index (χ4v) is 3.36. The van der Waals surface area contributed by atoms with Gasteiger partial charge in [-0.25, -0.2) is 4.39 Å². The van der Waals surface area contributed by atoms with Gasteiger partial charge in [-0.05, 0) is 55.6 Å². The molecule has 0 spiro atoms. The van der Waals surface area contributed by atoms with Crippen LogP contribution in [0.5, 0.6) is 0 Å². The van der Waals surface area contributed by atoms with E-state index in [1.807, 2.05) is 12.1 Å². The van der Waals surface area contributed by atoms with Gasteiger partial charge in [0.1, 0.15) is 5.82 Å². The molecule has 0 fully saturated rings. The zero-order valence-corrected chi connectivity index (χ0v) is 12.6. The van der Waals surface area contributed by atoms with Gasteiger partial charge in [0.15, 0.2) is 0 Å². The maximum absolute atomic E-state index is 13.3. The Labute approximate surface area is 120 Å². The van der Waals surface area contributed by atoms with Crippen molar-refractivity contribution in [2.24, 2.45) is 0 Å². The molecule has 90 valence electrons. The second kappa shape index (κ2) is 5.61. The van der Waals surface area contributed by atoms with Crippen LogP contribution in [0.4, 0.5) is 4.39 Å². The van der Waals surface area contributed by atoms with Crippen molar-refractivity contribution >= 4 is 43.2 Å². The summed E-state index contributed by atoms with van der Waals surface area (Å²) >= 11 is 8.03. The van der Waals surface area contributed by atoms with Gasteiger partial charge in [0.25, 0.3) is 0 Å². The highest BCUT2D eigenvalue weighted by molar-refractivity contribution is 9.11. The Morgan fingerprint density at radius 3 is 2.65 bits per heavy atom. The lowest BCUT2D eigenvalue weighted by atomic mass is 10.1. The van der Waals surface area contributed by atoms with Crippen LogP contribution in [0.15, 0.2) is 38.6 Å². The minimum atomic E-state index is -0.607. The van der Waals surface area contributed by atoms with Crippen molar-refractivity contribution in [2.45, 2.75) is 12.5 Å². The van der Waals surface area contributed by atoms with Crippen molar-refractivity contribution in [3.63, 3.8) is 0 Å². The molecule has 1 aromatic carbocycles. The third-order valence-electron chi connectivity index (χ3n) is 2.37. The molecule has 2 rings (SSSR count). The van der Waals surface area contributed by atoms with Gasteiger partial charge in [-0.3, -0.25) is 0 Å². The highest BCUT2D eigenvalue weighted by atomic mass is 79.9. The SMILES string of the molecule is OC(Cc1cccc(F)c1Br)c1ccc(Br)s1. The molecule has 5 heteroatoms. The standard InChI is InChI=1S/C12H9Br2FOS/c13-11-5-4-10(17-11)9(16)6-7-2-1-3-8(15)12(7)14/h1-5,9,16H,6H2. The van der Waals surface area contributed by atoms with Crippen molar-refractivity contribution in [1.29, 1.82) is 0 Å². The van der Waals surface area contributed by atoms with Gasteiger partial charge in [0.2, 0.25) is 0 Å². The summed E-state index contributed by atoms with van der Waals surface area (Å²) in [5, 5.41) is 10.0. The molecule has 0 aliphatic heterocycles. The number of aliphatic hydroxyl groups is 1. The molecule has 0 saturated heterocycles. The molecule has 1 atom stereocenters. The zero-order chi connectivity index (χ0) is 12.4. The van der Waals surface area contributed by atoms with Crippen LogP contribution in [0.25, 0.3) is 0 Å². The first kappa shape index (κ1) is 13.2. The van der Waals surface area contributed by atoms with E-state index in [0.717, 1.165) is 14.2 Å². The molecule has 1 unspecified atom stereocenters. The van der Waals surface area contributed by atoms with E-state index in [1.54, 1.807) is 12.1 Å². The zero-order valence-electron chi connectivity index (χ0n) is 8.66. The van der Waals surface area contributed by atoms with Crippen molar-refractivity contribution in [3.05, 3.63) is 54.8 Å². The van der Waals surface area contributed by atoms with E-state index in [4.69, 9.17) is 0 Å². The summed E-state index contributed by atoms with van der Waals surface area (Å²) in [6.45, 7) is 0. The summed E-state index contributed by atoms with van der Waals surface area (Å²) in [6, 6.07) is 8.60. The Morgan fingerprint density at radius 2 is 2.00 bits per heavy atom. The summed E-state index contributed by atoms with van der Waals surface area (Å²) in [6.07, 6.45) is -0.213. The number of hydrogen-bond donors (Lipinski definition) is 1. The van der Waals surface area contributed by atoms with Crippen molar-refractivity contribution in [3.8, 4) is 0 Å². The van der Waals surface area contributed by atoms with E-state index in [2.05, 4.69) is 31.9 Å². The number of aliphatic hydroxyl groups excluding tert-OH is 1. The maximum Gasteiger partial charge on any atom is 0.137 e. The Bertz CT molecular complexity index is 527. The highest BCUT2D eigenvalue weighted by Crippen LogP contribution is 2.31. The predicted molar refractivity (Wildman–Crippen MR) is 74.8 cm³/mol. The van der Waals surface area contributed by atoms with Crippen LogP contribution in [0.1, 0.15) is 16.5 Å². The molecule has 0 saturated carbocycles. The summed E-state index contributed by atoms with van der Waals surface area (Å²) < 4.78 is 14.7. The first-order valence-electron chi connectivity index (χ1n) is 4.94. The fourth-order valence-electron chi connectivity index (χ4n) is 1.52. The molecule has 0 amide bonds. The fraction of sp³-hybridized carbons (Fsp3) is 0.167. The van der Waals surface area contributed by atoms with Crippen molar-refractivity contribution in [2.75, 3.05) is 0 Å². The summed E-state index contributed by atoms with van der Waals surface area (Å²) in [5.74, 6) is -0.304. The molecule has 1 aromatic heterocycles. The molecular weight excluding hydrogens is 371 g/mol. The largest absolute Gasteiger partial charge is 0.387 e. The van der Waals surface area contributed by atoms with Crippen LogP contribution in [0.3, 0.4) is 0 Å². The maximum atomic E-state index is 13.3. The summed E-state index contributed by atoms with van der Waals surface area (Å²) in [4.78, 5) is 0.869. The van der Waals surface area contributed by atoms with Gasteiger partial charge in [0, 0.05) is 11.3 Å². The van der Waals surface area contributed by atoms with Crippen LogP contribution in [-0.2, 0) is 6.42 Å². The van der Waals surface area contributed by atoms with Crippen molar-refractivity contribution in [1.82, 2.24) is 0 Å². The van der Waals surface area contributed by atoms with E-state index >= 15 is 0 Å². The van der Waals surface area contributed by atoms with Gasteiger partial charge in [0.05, 0.1) is 14.4 Å². The van der Waals surface area contributed by atoms with Crippen LogP contribution in [0.2, 0.25) is 0 Å². The average Bonchev–Trinajstić information content (AvgIpc) is 2.72. The van der Waals surface area contributed by atoms with Crippen LogP contribution >= 0.6 is 43.2 Å². The summed E-state index contributed by atoms with van der Waals surface area (Å²) in [7, 11) is 0. The molecule has 17 heavy (non-hydrogen) atoms. The van der Waals surface area contributed by atoms with Crippen molar-refractivity contribution < 1.29 is 9.50 Å².